The second kappa shape index (κ2) is 5.42. The van der Waals surface area contributed by atoms with E-state index in [1.807, 2.05) is 30.3 Å². The Hall–Kier alpha value is -1.92. The zero-order chi connectivity index (χ0) is 12.1. The van der Waals surface area contributed by atoms with Gasteiger partial charge in [-0.2, -0.15) is 5.26 Å². The Bertz CT molecular complexity index is 525. The fourth-order valence-electron chi connectivity index (χ4n) is 1.47. The maximum atomic E-state index is 8.55. The van der Waals surface area contributed by atoms with Crippen molar-refractivity contribution in [3.8, 4) is 6.07 Å². The second-order valence-corrected chi connectivity index (χ2v) is 3.96. The highest BCUT2D eigenvalue weighted by atomic mass is 35.5. The molecule has 1 heterocycles. The Labute approximate surface area is 105 Å². The lowest BCUT2D eigenvalue weighted by molar-refractivity contribution is 0.520. The first kappa shape index (κ1) is 11.6. The number of nitrogens with zero attached hydrogens (tertiary/aromatic N) is 1. The van der Waals surface area contributed by atoms with Gasteiger partial charge in [-0.1, -0.05) is 12.1 Å². The maximum Gasteiger partial charge on any atom is 0.193 e. The molecule has 0 bridgehead atoms. The number of rotatable bonds is 4. The van der Waals surface area contributed by atoms with E-state index >= 15 is 0 Å². The van der Waals surface area contributed by atoms with E-state index in [2.05, 4.69) is 11.4 Å². The van der Waals surface area contributed by atoms with Crippen LogP contribution >= 0.6 is 11.6 Å². The molecule has 0 atom stereocenters. The molecular formula is C13H11ClN2O. The zero-order valence-corrected chi connectivity index (χ0v) is 9.87. The molecule has 0 aliphatic rings. The van der Waals surface area contributed by atoms with E-state index in [1.165, 1.54) is 0 Å². The van der Waals surface area contributed by atoms with Crippen molar-refractivity contribution in [1.29, 1.82) is 5.26 Å². The first-order valence-electron chi connectivity index (χ1n) is 5.22. The second-order valence-electron chi connectivity index (χ2n) is 3.59. The molecule has 0 amide bonds. The van der Waals surface area contributed by atoms with E-state index in [1.54, 1.807) is 6.07 Å². The van der Waals surface area contributed by atoms with Crippen molar-refractivity contribution in [2.75, 3.05) is 5.32 Å². The van der Waals surface area contributed by atoms with E-state index < -0.39 is 0 Å². The highest BCUT2D eigenvalue weighted by Crippen LogP contribution is 2.15. The average molecular weight is 247 g/mol. The van der Waals surface area contributed by atoms with Gasteiger partial charge in [0.15, 0.2) is 5.22 Å². The topological polar surface area (TPSA) is 49.0 Å². The summed E-state index contributed by atoms with van der Waals surface area (Å²) in [6.45, 7) is 0.588. The number of hydrogen-bond acceptors (Lipinski definition) is 3. The van der Waals surface area contributed by atoms with Crippen LogP contribution in [0.1, 0.15) is 11.3 Å². The van der Waals surface area contributed by atoms with Crippen molar-refractivity contribution in [2.24, 2.45) is 0 Å². The van der Waals surface area contributed by atoms with Crippen LogP contribution in [0.25, 0.3) is 0 Å². The van der Waals surface area contributed by atoms with E-state index in [-0.39, 0.29) is 0 Å². The third kappa shape index (κ3) is 3.27. The first-order chi connectivity index (χ1) is 8.28. The normalized spacial score (nSPS) is 9.88. The van der Waals surface area contributed by atoms with Crippen LogP contribution in [0.5, 0.6) is 0 Å². The highest BCUT2D eigenvalue weighted by molar-refractivity contribution is 6.28. The summed E-state index contributed by atoms with van der Waals surface area (Å²) in [7, 11) is 0. The summed E-state index contributed by atoms with van der Waals surface area (Å²) in [5.41, 5.74) is 2.00. The van der Waals surface area contributed by atoms with E-state index in [0.717, 1.165) is 17.0 Å². The van der Waals surface area contributed by atoms with Crippen molar-refractivity contribution >= 4 is 17.3 Å². The molecule has 1 aromatic carbocycles. The number of anilines is 1. The van der Waals surface area contributed by atoms with Gasteiger partial charge in [-0.15, -0.1) is 0 Å². The largest absolute Gasteiger partial charge is 0.448 e. The SMILES string of the molecule is N#CCc1ccc(NCc2ccc(Cl)o2)cc1. The lowest BCUT2D eigenvalue weighted by Crippen LogP contribution is -1.97. The minimum Gasteiger partial charge on any atom is -0.448 e. The van der Waals surface area contributed by atoms with Gasteiger partial charge in [-0.05, 0) is 41.4 Å². The standard InChI is InChI=1S/C13H11ClN2O/c14-13-6-5-12(17-13)9-16-11-3-1-10(2-4-11)7-8-15/h1-6,16H,7,9H2. The van der Waals surface area contributed by atoms with Gasteiger partial charge in [0, 0.05) is 5.69 Å². The summed E-state index contributed by atoms with van der Waals surface area (Å²) < 4.78 is 5.23. The summed E-state index contributed by atoms with van der Waals surface area (Å²) in [5.74, 6) is 0.788. The molecule has 2 rings (SSSR count). The van der Waals surface area contributed by atoms with E-state index in [4.69, 9.17) is 21.3 Å². The number of halogens is 1. The fraction of sp³-hybridized carbons (Fsp3) is 0.154. The van der Waals surface area contributed by atoms with Crippen LogP contribution in [0.3, 0.4) is 0 Å². The van der Waals surface area contributed by atoms with Gasteiger partial charge in [0.2, 0.25) is 0 Å². The number of hydrogen-bond donors (Lipinski definition) is 1. The number of nitriles is 1. The Morgan fingerprint density at radius 3 is 2.53 bits per heavy atom. The predicted octanol–water partition coefficient (Wildman–Crippen LogP) is 3.61. The molecule has 1 aromatic heterocycles. The van der Waals surface area contributed by atoms with Crippen molar-refractivity contribution in [3.63, 3.8) is 0 Å². The molecule has 0 fully saturated rings. The molecule has 17 heavy (non-hydrogen) atoms. The Morgan fingerprint density at radius 2 is 1.94 bits per heavy atom. The number of nitrogens with one attached hydrogen (secondary N) is 1. The summed E-state index contributed by atoms with van der Waals surface area (Å²) in [6.07, 6.45) is 0.439. The summed E-state index contributed by atoms with van der Waals surface area (Å²) in [5, 5.41) is 12.2. The van der Waals surface area contributed by atoms with Crippen LogP contribution in [-0.4, -0.2) is 0 Å². The monoisotopic (exact) mass is 246 g/mol. The lowest BCUT2D eigenvalue weighted by Gasteiger charge is -2.04. The fourth-order valence-corrected chi connectivity index (χ4v) is 1.63. The molecule has 4 heteroatoms. The van der Waals surface area contributed by atoms with Gasteiger partial charge in [0.1, 0.15) is 5.76 Å². The van der Waals surface area contributed by atoms with Gasteiger partial charge < -0.3 is 9.73 Å². The van der Waals surface area contributed by atoms with Gasteiger partial charge in [-0.3, -0.25) is 0 Å². The summed E-state index contributed by atoms with van der Waals surface area (Å²) in [6, 6.07) is 13.4. The minimum absolute atomic E-state index is 0.395. The van der Waals surface area contributed by atoms with Crippen molar-refractivity contribution in [1.82, 2.24) is 0 Å². The third-order valence-electron chi connectivity index (χ3n) is 2.33. The number of furan rings is 1. The van der Waals surface area contributed by atoms with Crippen LogP contribution in [-0.2, 0) is 13.0 Å². The molecule has 2 aromatic rings. The predicted molar refractivity (Wildman–Crippen MR) is 66.8 cm³/mol. The molecule has 0 aliphatic heterocycles. The highest BCUT2D eigenvalue weighted by Gasteiger charge is 1.99. The van der Waals surface area contributed by atoms with Gasteiger partial charge in [0.25, 0.3) is 0 Å². The molecule has 0 aliphatic carbocycles. The average Bonchev–Trinajstić information content (AvgIpc) is 2.75. The van der Waals surface area contributed by atoms with Crippen LogP contribution in [0.2, 0.25) is 5.22 Å². The first-order valence-corrected chi connectivity index (χ1v) is 5.60. The smallest absolute Gasteiger partial charge is 0.193 e. The molecule has 0 saturated heterocycles. The zero-order valence-electron chi connectivity index (χ0n) is 9.11. The maximum absolute atomic E-state index is 8.55. The van der Waals surface area contributed by atoms with Crippen LogP contribution in [0.4, 0.5) is 5.69 Å². The molecule has 0 unspecified atom stereocenters. The third-order valence-corrected chi connectivity index (χ3v) is 2.54. The van der Waals surface area contributed by atoms with Gasteiger partial charge in [0.05, 0.1) is 19.0 Å². The molecule has 86 valence electrons. The van der Waals surface area contributed by atoms with E-state index in [9.17, 15) is 0 Å². The van der Waals surface area contributed by atoms with E-state index in [0.29, 0.717) is 18.2 Å². The molecule has 0 spiro atoms. The molecular weight excluding hydrogens is 236 g/mol. The Balaban J connectivity index is 1.93. The molecule has 0 radical (unpaired) electrons. The molecule has 0 saturated carbocycles. The molecule has 3 nitrogen and oxygen atoms in total. The van der Waals surface area contributed by atoms with Crippen LogP contribution < -0.4 is 5.32 Å². The van der Waals surface area contributed by atoms with Crippen LogP contribution in [0, 0.1) is 11.3 Å². The van der Waals surface area contributed by atoms with Gasteiger partial charge in [-0.25, -0.2) is 0 Å². The Kier molecular flexibility index (Phi) is 3.69. The van der Waals surface area contributed by atoms with Crippen molar-refractivity contribution in [3.05, 3.63) is 52.9 Å². The van der Waals surface area contributed by atoms with Gasteiger partial charge >= 0.3 is 0 Å². The minimum atomic E-state index is 0.395. The van der Waals surface area contributed by atoms with Crippen molar-refractivity contribution < 1.29 is 4.42 Å². The number of benzene rings is 1. The van der Waals surface area contributed by atoms with Crippen molar-refractivity contribution in [2.45, 2.75) is 13.0 Å². The quantitative estimate of drug-likeness (QED) is 0.897. The lowest BCUT2D eigenvalue weighted by atomic mass is 10.1. The van der Waals surface area contributed by atoms with Crippen LogP contribution in [0.15, 0.2) is 40.8 Å². The summed E-state index contributed by atoms with van der Waals surface area (Å²) >= 11 is 5.67. The Morgan fingerprint density at radius 1 is 1.18 bits per heavy atom. The molecule has 1 N–H and O–H groups in total. The summed E-state index contributed by atoms with van der Waals surface area (Å²) in [4.78, 5) is 0.